The topological polar surface area (TPSA) is 58.8 Å². The third-order valence-corrected chi connectivity index (χ3v) is 4.17. The van der Waals surface area contributed by atoms with Gasteiger partial charge in [-0.25, -0.2) is 0 Å². The van der Waals surface area contributed by atoms with Crippen molar-refractivity contribution in [2.24, 2.45) is 5.73 Å². The maximum Gasteiger partial charge on any atom is 0.325 e. The average molecular weight is 285 g/mol. The molecule has 1 aliphatic heterocycles. The Balaban J connectivity index is 2.30. The maximum absolute atomic E-state index is 11.7. The molecule has 0 amide bonds. The van der Waals surface area contributed by atoms with E-state index in [1.807, 2.05) is 0 Å². The number of likely N-dealkylation sites (N-methyl/N-ethyl adjacent to an activating group) is 2. The van der Waals surface area contributed by atoms with Crippen molar-refractivity contribution in [1.82, 2.24) is 9.80 Å². The van der Waals surface area contributed by atoms with Gasteiger partial charge in [-0.05, 0) is 66.7 Å². The first-order valence-corrected chi connectivity index (χ1v) is 7.71. The Bertz CT molecular complexity index is 307. The van der Waals surface area contributed by atoms with Gasteiger partial charge in [-0.15, -0.1) is 0 Å². The average Bonchev–Trinajstić information content (AvgIpc) is 2.38. The fraction of sp³-hybridized carbons (Fsp3) is 0.933. The highest BCUT2D eigenvalue weighted by molar-refractivity contribution is 5.79. The summed E-state index contributed by atoms with van der Waals surface area (Å²) in [4.78, 5) is 16.5. The van der Waals surface area contributed by atoms with Crippen molar-refractivity contribution in [3.63, 3.8) is 0 Å². The van der Waals surface area contributed by atoms with Crippen molar-refractivity contribution in [1.29, 1.82) is 0 Å². The van der Waals surface area contributed by atoms with Gasteiger partial charge in [0.15, 0.2) is 0 Å². The van der Waals surface area contributed by atoms with E-state index in [0.29, 0.717) is 19.1 Å². The summed E-state index contributed by atoms with van der Waals surface area (Å²) in [6.45, 7) is 7.27. The number of nitrogens with two attached hydrogens (primary N) is 1. The molecule has 0 spiro atoms. The molecule has 1 fully saturated rings. The van der Waals surface area contributed by atoms with Crippen molar-refractivity contribution in [2.45, 2.75) is 51.1 Å². The van der Waals surface area contributed by atoms with Crippen LogP contribution in [0, 0.1) is 0 Å². The number of carbonyl (C=O) groups excluding carboxylic acids is 1. The summed E-state index contributed by atoms with van der Waals surface area (Å²) >= 11 is 0. The van der Waals surface area contributed by atoms with Gasteiger partial charge < -0.3 is 20.3 Å². The van der Waals surface area contributed by atoms with E-state index in [1.54, 1.807) is 13.8 Å². The van der Waals surface area contributed by atoms with Gasteiger partial charge in [0.1, 0.15) is 5.54 Å². The van der Waals surface area contributed by atoms with Crippen LogP contribution >= 0.6 is 0 Å². The second-order valence-electron chi connectivity index (χ2n) is 6.28. The fourth-order valence-corrected chi connectivity index (χ4v) is 2.78. The van der Waals surface area contributed by atoms with Crippen molar-refractivity contribution in [2.75, 3.05) is 40.3 Å². The number of piperidine rings is 1. The van der Waals surface area contributed by atoms with Crippen LogP contribution in [0.5, 0.6) is 0 Å². The van der Waals surface area contributed by atoms with Crippen molar-refractivity contribution in [3.8, 4) is 0 Å². The first-order valence-electron chi connectivity index (χ1n) is 7.71. The van der Waals surface area contributed by atoms with E-state index in [2.05, 4.69) is 23.9 Å². The minimum absolute atomic E-state index is 0.292. The molecule has 1 heterocycles. The Labute approximate surface area is 123 Å². The number of esters is 1. The number of nitrogens with zero attached hydrogens (tertiary/aromatic N) is 2. The van der Waals surface area contributed by atoms with E-state index in [1.165, 1.54) is 19.4 Å². The van der Waals surface area contributed by atoms with Crippen LogP contribution in [0.2, 0.25) is 0 Å². The van der Waals surface area contributed by atoms with E-state index < -0.39 is 5.54 Å². The zero-order valence-electron chi connectivity index (χ0n) is 13.5. The predicted molar refractivity (Wildman–Crippen MR) is 81.6 cm³/mol. The van der Waals surface area contributed by atoms with E-state index in [0.717, 1.165) is 19.5 Å². The smallest absolute Gasteiger partial charge is 0.325 e. The van der Waals surface area contributed by atoms with Gasteiger partial charge >= 0.3 is 5.97 Å². The molecule has 1 rings (SSSR count). The van der Waals surface area contributed by atoms with Gasteiger partial charge in [0.05, 0.1) is 6.61 Å². The molecular weight excluding hydrogens is 254 g/mol. The molecule has 2 N–H and O–H groups in total. The number of likely N-dealkylation sites (tertiary alicyclic amines) is 1. The lowest BCUT2D eigenvalue weighted by Gasteiger charge is -2.36. The monoisotopic (exact) mass is 285 g/mol. The molecule has 5 nitrogen and oxygen atoms in total. The molecule has 0 aromatic carbocycles. The molecule has 0 bridgehead atoms. The molecule has 0 aromatic rings. The molecule has 118 valence electrons. The minimum Gasteiger partial charge on any atom is -0.465 e. The summed E-state index contributed by atoms with van der Waals surface area (Å²) in [5.74, 6) is -0.292. The van der Waals surface area contributed by atoms with Gasteiger partial charge in [-0.2, -0.15) is 0 Å². The summed E-state index contributed by atoms with van der Waals surface area (Å²) in [5.41, 5.74) is 5.17. The van der Waals surface area contributed by atoms with Crippen LogP contribution < -0.4 is 5.73 Å². The van der Waals surface area contributed by atoms with E-state index in [4.69, 9.17) is 10.5 Å². The number of carbonyl (C=O) groups is 1. The SMILES string of the molecule is CCOC(=O)C(C)(N)CCCN(C)C1CCCN(C)C1. The van der Waals surface area contributed by atoms with Crippen LogP contribution in [0.1, 0.15) is 39.5 Å². The van der Waals surface area contributed by atoms with E-state index >= 15 is 0 Å². The quantitative estimate of drug-likeness (QED) is 0.709. The minimum atomic E-state index is -0.861. The van der Waals surface area contributed by atoms with Crippen LogP contribution in [0.25, 0.3) is 0 Å². The molecule has 1 saturated heterocycles. The molecule has 1 aliphatic rings. The third-order valence-electron chi connectivity index (χ3n) is 4.17. The first-order chi connectivity index (χ1) is 9.36. The summed E-state index contributed by atoms with van der Waals surface area (Å²) < 4.78 is 5.01. The van der Waals surface area contributed by atoms with Crippen molar-refractivity contribution in [3.05, 3.63) is 0 Å². The van der Waals surface area contributed by atoms with Crippen LogP contribution in [0.15, 0.2) is 0 Å². The van der Waals surface area contributed by atoms with Crippen molar-refractivity contribution >= 4 is 5.97 Å². The molecular formula is C15H31N3O2. The molecule has 2 atom stereocenters. The molecule has 0 aliphatic carbocycles. The highest BCUT2D eigenvalue weighted by Crippen LogP contribution is 2.16. The fourth-order valence-electron chi connectivity index (χ4n) is 2.78. The molecule has 20 heavy (non-hydrogen) atoms. The first kappa shape index (κ1) is 17.4. The second kappa shape index (κ2) is 7.96. The van der Waals surface area contributed by atoms with E-state index in [-0.39, 0.29) is 5.97 Å². The standard InChI is InChI=1S/C15H31N3O2/c1-5-20-14(19)15(2,16)9-7-11-18(4)13-8-6-10-17(3)12-13/h13H,5-12,16H2,1-4H3. The molecule has 5 heteroatoms. The zero-order chi connectivity index (χ0) is 15.2. The molecule has 0 aromatic heterocycles. The van der Waals surface area contributed by atoms with Gasteiger partial charge in [0.25, 0.3) is 0 Å². The Morgan fingerprint density at radius 3 is 2.85 bits per heavy atom. The Morgan fingerprint density at radius 2 is 2.25 bits per heavy atom. The number of hydrogen-bond acceptors (Lipinski definition) is 5. The predicted octanol–water partition coefficient (Wildman–Crippen LogP) is 1.07. The second-order valence-corrected chi connectivity index (χ2v) is 6.28. The number of ether oxygens (including phenoxy) is 1. The Morgan fingerprint density at radius 1 is 1.55 bits per heavy atom. The largest absolute Gasteiger partial charge is 0.465 e. The van der Waals surface area contributed by atoms with Gasteiger partial charge in [0, 0.05) is 12.6 Å². The number of rotatable bonds is 7. The highest BCUT2D eigenvalue weighted by Gasteiger charge is 2.29. The molecule has 2 unspecified atom stereocenters. The number of hydrogen-bond donors (Lipinski definition) is 1. The lowest BCUT2D eigenvalue weighted by molar-refractivity contribution is -0.149. The van der Waals surface area contributed by atoms with Crippen LogP contribution in [0.4, 0.5) is 0 Å². The third kappa shape index (κ3) is 5.38. The van der Waals surface area contributed by atoms with Gasteiger partial charge in [-0.1, -0.05) is 0 Å². The van der Waals surface area contributed by atoms with Crippen LogP contribution in [0.3, 0.4) is 0 Å². The molecule has 0 radical (unpaired) electrons. The van der Waals surface area contributed by atoms with Crippen LogP contribution in [-0.4, -0.2) is 67.7 Å². The van der Waals surface area contributed by atoms with Gasteiger partial charge in [0.2, 0.25) is 0 Å². The lowest BCUT2D eigenvalue weighted by atomic mass is 9.96. The summed E-state index contributed by atoms with van der Waals surface area (Å²) in [7, 11) is 4.35. The Hall–Kier alpha value is -0.650. The van der Waals surface area contributed by atoms with Crippen LogP contribution in [-0.2, 0) is 9.53 Å². The lowest BCUT2D eigenvalue weighted by Crippen LogP contribution is -2.48. The van der Waals surface area contributed by atoms with E-state index in [9.17, 15) is 4.79 Å². The summed E-state index contributed by atoms with van der Waals surface area (Å²) in [6, 6.07) is 0.625. The Kier molecular flexibility index (Phi) is 6.92. The summed E-state index contributed by atoms with van der Waals surface area (Å²) in [5, 5.41) is 0. The zero-order valence-corrected chi connectivity index (χ0v) is 13.5. The summed E-state index contributed by atoms with van der Waals surface area (Å²) in [6.07, 6.45) is 4.11. The molecule has 0 saturated carbocycles. The highest BCUT2D eigenvalue weighted by atomic mass is 16.5. The van der Waals surface area contributed by atoms with Gasteiger partial charge in [-0.3, -0.25) is 4.79 Å². The normalized spacial score (nSPS) is 23.6. The van der Waals surface area contributed by atoms with Crippen molar-refractivity contribution < 1.29 is 9.53 Å². The maximum atomic E-state index is 11.7.